The van der Waals surface area contributed by atoms with Crippen molar-refractivity contribution in [3.63, 3.8) is 0 Å². The summed E-state index contributed by atoms with van der Waals surface area (Å²) < 4.78 is 5.93. The molecular formula is C63H111NO5. The molecule has 0 aromatic rings. The maximum absolute atomic E-state index is 13.3. The summed E-state index contributed by atoms with van der Waals surface area (Å²) in [7, 11) is 0. The molecule has 0 saturated heterocycles. The number of aliphatic hydroxyl groups excluding tert-OH is 2. The number of hydrogen-bond donors (Lipinski definition) is 3. The van der Waals surface area contributed by atoms with E-state index in [4.69, 9.17) is 4.74 Å². The second-order valence-electron chi connectivity index (χ2n) is 19.7. The summed E-state index contributed by atoms with van der Waals surface area (Å²) in [6, 6.07) is -0.726. The fraction of sp³-hybridized carbons (Fsp3) is 0.746. The van der Waals surface area contributed by atoms with Crippen LogP contribution in [0.25, 0.3) is 0 Å². The number of carbonyl (C=O) groups is 2. The summed E-state index contributed by atoms with van der Waals surface area (Å²) >= 11 is 0. The molecule has 69 heavy (non-hydrogen) atoms. The Bertz CT molecular complexity index is 1310. The third-order valence-corrected chi connectivity index (χ3v) is 12.9. The maximum atomic E-state index is 13.3. The molecule has 6 heteroatoms. The normalized spacial score (nSPS) is 13.8. The molecule has 1 amide bonds. The number of carbonyl (C=O) groups excluding carboxylic acids is 2. The first kappa shape index (κ1) is 66.0. The molecule has 3 N–H and O–H groups in total. The fourth-order valence-corrected chi connectivity index (χ4v) is 8.49. The molecular weight excluding hydrogens is 851 g/mol. The highest BCUT2D eigenvalue weighted by Gasteiger charge is 2.24. The maximum Gasteiger partial charge on any atom is 0.306 e. The molecule has 0 heterocycles. The van der Waals surface area contributed by atoms with Gasteiger partial charge >= 0.3 is 5.97 Å². The Kier molecular flexibility index (Phi) is 53.6. The minimum absolute atomic E-state index is 0.0378. The van der Waals surface area contributed by atoms with Gasteiger partial charge in [-0.05, 0) is 103 Å². The third kappa shape index (κ3) is 51.2. The molecule has 0 aromatic carbocycles. The predicted octanol–water partition coefficient (Wildman–Crippen LogP) is 18.3. The Morgan fingerprint density at radius 2 is 0.739 bits per heavy atom. The lowest BCUT2D eigenvalue weighted by Gasteiger charge is -2.24. The molecule has 6 nitrogen and oxygen atoms in total. The van der Waals surface area contributed by atoms with Crippen LogP contribution in [0.4, 0.5) is 0 Å². The first-order valence-electron chi connectivity index (χ1n) is 29.3. The average Bonchev–Trinajstić information content (AvgIpc) is 3.34. The van der Waals surface area contributed by atoms with Crippen LogP contribution in [0.15, 0.2) is 85.1 Å². The average molecular weight is 963 g/mol. The Balaban J connectivity index is 4.70. The van der Waals surface area contributed by atoms with Crippen molar-refractivity contribution in [1.29, 1.82) is 0 Å². The van der Waals surface area contributed by atoms with Crippen LogP contribution in [-0.2, 0) is 14.3 Å². The second kappa shape index (κ2) is 56.0. The van der Waals surface area contributed by atoms with Gasteiger partial charge in [0, 0.05) is 6.42 Å². The molecule has 0 fully saturated rings. The minimum Gasteiger partial charge on any atom is -0.462 e. The number of esters is 1. The number of amides is 1. The van der Waals surface area contributed by atoms with Crippen LogP contribution in [0.2, 0.25) is 0 Å². The number of aliphatic hydroxyl groups is 2. The van der Waals surface area contributed by atoms with Crippen molar-refractivity contribution in [3.05, 3.63) is 85.1 Å². The largest absolute Gasteiger partial charge is 0.462 e. The van der Waals surface area contributed by atoms with Crippen molar-refractivity contribution in [2.75, 3.05) is 6.61 Å². The minimum atomic E-state index is -0.809. The fourth-order valence-electron chi connectivity index (χ4n) is 8.49. The van der Waals surface area contributed by atoms with Crippen LogP contribution in [-0.4, -0.2) is 46.9 Å². The smallest absolute Gasteiger partial charge is 0.306 e. The lowest BCUT2D eigenvalue weighted by molar-refractivity contribution is -0.151. The Morgan fingerprint density at radius 3 is 1.14 bits per heavy atom. The zero-order valence-corrected chi connectivity index (χ0v) is 45.4. The number of hydrogen-bond acceptors (Lipinski definition) is 5. The van der Waals surface area contributed by atoms with Gasteiger partial charge in [-0.1, -0.05) is 247 Å². The van der Waals surface area contributed by atoms with E-state index in [2.05, 4.69) is 111 Å². The van der Waals surface area contributed by atoms with Gasteiger partial charge in [0.25, 0.3) is 0 Å². The van der Waals surface area contributed by atoms with Gasteiger partial charge in [-0.2, -0.15) is 0 Å². The van der Waals surface area contributed by atoms with Crippen LogP contribution in [0.5, 0.6) is 0 Å². The summed E-state index contributed by atoms with van der Waals surface area (Å²) in [6.07, 6.45) is 73.6. The first-order valence-corrected chi connectivity index (χ1v) is 29.3. The van der Waals surface area contributed by atoms with Gasteiger partial charge < -0.3 is 20.3 Å². The van der Waals surface area contributed by atoms with Crippen molar-refractivity contribution in [2.45, 2.75) is 296 Å². The van der Waals surface area contributed by atoms with Gasteiger partial charge in [-0.3, -0.25) is 9.59 Å². The lowest BCUT2D eigenvalue weighted by atomic mass is 10.0. The van der Waals surface area contributed by atoms with Crippen LogP contribution >= 0.6 is 0 Å². The van der Waals surface area contributed by atoms with Crippen molar-refractivity contribution in [2.24, 2.45) is 0 Å². The number of rotatable bonds is 52. The highest BCUT2D eigenvalue weighted by molar-refractivity contribution is 5.77. The van der Waals surface area contributed by atoms with Gasteiger partial charge in [-0.25, -0.2) is 0 Å². The standard InChI is InChI=1S/C63H111NO5/c1-4-7-10-13-16-19-22-25-28-31-33-36-39-42-45-48-51-54-59(69-63(68)56-53-50-47-44-41-38-35-32-29-26-23-20-17-14-11-8-5-2)57-62(67)64-60(58-65)61(66)55-52-49-46-43-40-37-34-30-27-24-21-18-15-12-9-6-3/h16-17,19-20,25-26,28-29,33,35-36,38,44,47,59-61,65-66H,4-15,18,21-24,27,30-32,34,37,39-43,45-46,48-58H2,1-3H3,(H,64,67)/b19-16-,20-17-,28-25-,29-26-,36-33-,38-35-,47-44-. The molecule has 0 bridgehead atoms. The quantitative estimate of drug-likeness (QED) is 0.0321. The monoisotopic (exact) mass is 962 g/mol. The summed E-state index contributed by atoms with van der Waals surface area (Å²) in [5.41, 5.74) is 0. The van der Waals surface area contributed by atoms with E-state index >= 15 is 0 Å². The Hall–Kier alpha value is -2.96. The van der Waals surface area contributed by atoms with Gasteiger partial charge in [0.05, 0.1) is 25.2 Å². The zero-order valence-electron chi connectivity index (χ0n) is 45.4. The number of ether oxygens (including phenoxy) is 1. The van der Waals surface area contributed by atoms with E-state index in [1.165, 1.54) is 135 Å². The molecule has 398 valence electrons. The number of unbranched alkanes of at least 4 members (excludes halogenated alkanes) is 26. The Labute approximate surface area is 427 Å². The van der Waals surface area contributed by atoms with Gasteiger partial charge in [-0.15, -0.1) is 0 Å². The zero-order chi connectivity index (χ0) is 50.2. The van der Waals surface area contributed by atoms with Crippen molar-refractivity contribution in [3.8, 4) is 0 Å². The van der Waals surface area contributed by atoms with Crippen LogP contribution < -0.4 is 5.32 Å². The Morgan fingerprint density at radius 1 is 0.420 bits per heavy atom. The summed E-state index contributed by atoms with van der Waals surface area (Å²) in [4.78, 5) is 26.3. The van der Waals surface area contributed by atoms with Crippen molar-refractivity contribution >= 4 is 11.9 Å². The van der Waals surface area contributed by atoms with Crippen LogP contribution in [0.1, 0.15) is 278 Å². The highest BCUT2D eigenvalue weighted by atomic mass is 16.5. The lowest BCUT2D eigenvalue weighted by Crippen LogP contribution is -2.46. The molecule has 3 atom stereocenters. The van der Waals surface area contributed by atoms with E-state index in [1.807, 2.05) is 0 Å². The predicted molar refractivity (Wildman–Crippen MR) is 301 cm³/mol. The SMILES string of the molecule is CCCCC/C=C\C/C=C\C/C=C\C/C=C\CCCC(=O)OC(CCCCCC/C=C\C/C=C\C/C=C\CCCCC)CC(=O)NC(CO)C(O)CCCCCCCCCCCCCCCCCC. The van der Waals surface area contributed by atoms with Crippen molar-refractivity contribution in [1.82, 2.24) is 5.32 Å². The molecule has 0 aliphatic carbocycles. The molecule has 0 saturated carbocycles. The highest BCUT2D eigenvalue weighted by Crippen LogP contribution is 2.17. The van der Waals surface area contributed by atoms with Gasteiger partial charge in [0.1, 0.15) is 6.10 Å². The molecule has 3 unspecified atom stereocenters. The van der Waals surface area contributed by atoms with Gasteiger partial charge in [0.15, 0.2) is 0 Å². The van der Waals surface area contributed by atoms with Crippen molar-refractivity contribution < 1.29 is 24.5 Å². The molecule has 0 aromatic heterocycles. The summed E-state index contributed by atoms with van der Waals surface area (Å²) in [6.45, 7) is 6.43. The second-order valence-corrected chi connectivity index (χ2v) is 19.7. The molecule has 0 aliphatic rings. The van der Waals surface area contributed by atoms with E-state index in [0.29, 0.717) is 25.7 Å². The molecule has 0 aliphatic heterocycles. The van der Waals surface area contributed by atoms with E-state index in [1.54, 1.807) is 0 Å². The van der Waals surface area contributed by atoms with E-state index < -0.39 is 18.2 Å². The summed E-state index contributed by atoms with van der Waals surface area (Å²) in [5, 5.41) is 23.9. The first-order chi connectivity index (χ1) is 34.0. The van der Waals surface area contributed by atoms with E-state index in [9.17, 15) is 19.8 Å². The topological polar surface area (TPSA) is 95.9 Å². The molecule has 0 rings (SSSR count). The number of allylic oxidation sites excluding steroid dienone is 14. The summed E-state index contributed by atoms with van der Waals surface area (Å²) in [5.74, 6) is -0.561. The van der Waals surface area contributed by atoms with Crippen LogP contribution in [0.3, 0.4) is 0 Å². The van der Waals surface area contributed by atoms with Gasteiger partial charge in [0.2, 0.25) is 5.91 Å². The van der Waals surface area contributed by atoms with E-state index in [-0.39, 0.29) is 24.9 Å². The number of nitrogens with one attached hydrogen (secondary N) is 1. The molecule has 0 spiro atoms. The third-order valence-electron chi connectivity index (χ3n) is 12.9. The van der Waals surface area contributed by atoms with Crippen LogP contribution in [0, 0.1) is 0 Å². The molecule has 0 radical (unpaired) electrons. The van der Waals surface area contributed by atoms with E-state index in [0.717, 1.165) is 89.9 Å².